The summed E-state index contributed by atoms with van der Waals surface area (Å²) in [5, 5.41) is 12.5. The highest BCUT2D eigenvalue weighted by Gasteiger charge is 2.32. The average Bonchev–Trinajstić information content (AvgIpc) is 2.97. The van der Waals surface area contributed by atoms with Gasteiger partial charge in [0.15, 0.2) is 0 Å². The SMILES string of the molecule is CCOC(=O)c1cc(CC)sc1NC(=O)N1CC(C)CC(C(=O)O)C1. The van der Waals surface area contributed by atoms with Crippen molar-refractivity contribution in [3.05, 3.63) is 16.5 Å². The van der Waals surface area contributed by atoms with Gasteiger partial charge in [-0.2, -0.15) is 0 Å². The van der Waals surface area contributed by atoms with E-state index in [4.69, 9.17) is 4.74 Å². The first-order chi connectivity index (χ1) is 11.8. The number of carbonyl (C=O) groups is 3. The lowest BCUT2D eigenvalue weighted by Crippen LogP contribution is -2.47. The molecule has 2 unspecified atom stereocenters. The summed E-state index contributed by atoms with van der Waals surface area (Å²) < 4.78 is 5.04. The number of amides is 2. The van der Waals surface area contributed by atoms with Gasteiger partial charge in [-0.15, -0.1) is 11.3 Å². The van der Waals surface area contributed by atoms with E-state index in [1.807, 2.05) is 13.8 Å². The van der Waals surface area contributed by atoms with E-state index in [0.717, 1.165) is 11.3 Å². The van der Waals surface area contributed by atoms with Gasteiger partial charge in [0.25, 0.3) is 0 Å². The van der Waals surface area contributed by atoms with Crippen molar-refractivity contribution < 1.29 is 24.2 Å². The summed E-state index contributed by atoms with van der Waals surface area (Å²) in [5.41, 5.74) is 0.344. The highest BCUT2D eigenvalue weighted by molar-refractivity contribution is 7.16. The zero-order valence-corrected chi connectivity index (χ0v) is 15.5. The molecule has 2 atom stereocenters. The number of carbonyl (C=O) groups excluding carboxylic acids is 2. The second-order valence-electron chi connectivity index (χ2n) is 6.24. The summed E-state index contributed by atoms with van der Waals surface area (Å²) in [4.78, 5) is 38.4. The predicted molar refractivity (Wildman–Crippen MR) is 95.2 cm³/mol. The number of piperidine rings is 1. The number of esters is 1. The molecule has 1 saturated heterocycles. The molecule has 2 rings (SSSR count). The molecule has 7 nitrogen and oxygen atoms in total. The van der Waals surface area contributed by atoms with Gasteiger partial charge >= 0.3 is 18.0 Å². The molecule has 2 N–H and O–H groups in total. The van der Waals surface area contributed by atoms with Crippen LogP contribution in [0.3, 0.4) is 0 Å². The van der Waals surface area contributed by atoms with Gasteiger partial charge < -0.3 is 14.7 Å². The van der Waals surface area contributed by atoms with E-state index >= 15 is 0 Å². The molecule has 2 amide bonds. The smallest absolute Gasteiger partial charge is 0.341 e. The van der Waals surface area contributed by atoms with Crippen molar-refractivity contribution >= 4 is 34.3 Å². The maximum atomic E-state index is 12.6. The van der Waals surface area contributed by atoms with Gasteiger partial charge in [-0.3, -0.25) is 10.1 Å². The van der Waals surface area contributed by atoms with Crippen molar-refractivity contribution in [3.8, 4) is 0 Å². The Kier molecular flexibility index (Phi) is 6.41. The van der Waals surface area contributed by atoms with Crippen LogP contribution in [-0.2, 0) is 16.0 Å². The van der Waals surface area contributed by atoms with Gasteiger partial charge in [0.2, 0.25) is 0 Å². The Labute approximate surface area is 151 Å². The van der Waals surface area contributed by atoms with Crippen LogP contribution < -0.4 is 5.32 Å². The number of nitrogens with zero attached hydrogens (tertiary/aromatic N) is 1. The molecule has 0 aliphatic carbocycles. The number of thiophene rings is 1. The quantitative estimate of drug-likeness (QED) is 0.779. The number of carboxylic acid groups (broad SMARTS) is 1. The highest BCUT2D eigenvalue weighted by Crippen LogP contribution is 2.30. The van der Waals surface area contributed by atoms with Crippen LogP contribution in [0.4, 0.5) is 9.80 Å². The average molecular weight is 368 g/mol. The van der Waals surface area contributed by atoms with Gasteiger partial charge in [0.1, 0.15) is 5.00 Å². The van der Waals surface area contributed by atoms with E-state index < -0.39 is 17.9 Å². The fourth-order valence-electron chi connectivity index (χ4n) is 2.94. The number of likely N-dealkylation sites (tertiary alicyclic amines) is 1. The topological polar surface area (TPSA) is 95.9 Å². The molecule has 2 heterocycles. The number of urea groups is 1. The van der Waals surface area contributed by atoms with Crippen molar-refractivity contribution in [2.75, 3.05) is 25.0 Å². The van der Waals surface area contributed by atoms with Gasteiger partial charge in [-0.1, -0.05) is 13.8 Å². The third-order valence-electron chi connectivity index (χ3n) is 4.14. The van der Waals surface area contributed by atoms with Crippen molar-refractivity contribution in [2.45, 2.75) is 33.6 Å². The first-order valence-corrected chi connectivity index (χ1v) is 9.25. The molecule has 0 aromatic carbocycles. The lowest BCUT2D eigenvalue weighted by Gasteiger charge is -2.34. The largest absolute Gasteiger partial charge is 0.481 e. The zero-order chi connectivity index (χ0) is 18.6. The van der Waals surface area contributed by atoms with Crippen LogP contribution >= 0.6 is 11.3 Å². The fourth-order valence-corrected chi connectivity index (χ4v) is 3.92. The minimum Gasteiger partial charge on any atom is -0.481 e. The Morgan fingerprint density at radius 1 is 1.36 bits per heavy atom. The summed E-state index contributed by atoms with van der Waals surface area (Å²) in [6.45, 7) is 6.55. The molecule has 1 fully saturated rings. The van der Waals surface area contributed by atoms with Gasteiger partial charge in [-0.25, -0.2) is 9.59 Å². The zero-order valence-electron chi connectivity index (χ0n) is 14.7. The monoisotopic (exact) mass is 368 g/mol. The molecule has 8 heteroatoms. The summed E-state index contributed by atoms with van der Waals surface area (Å²) in [5.74, 6) is -1.81. The predicted octanol–water partition coefficient (Wildman–Crippen LogP) is 3.06. The molecule has 1 aliphatic heterocycles. The van der Waals surface area contributed by atoms with Crippen molar-refractivity contribution in [1.82, 2.24) is 4.90 Å². The third kappa shape index (κ3) is 4.72. The van der Waals surface area contributed by atoms with Crippen molar-refractivity contribution in [2.24, 2.45) is 11.8 Å². The van der Waals surface area contributed by atoms with E-state index in [1.165, 1.54) is 16.2 Å². The second-order valence-corrected chi connectivity index (χ2v) is 7.38. The molecule has 0 radical (unpaired) electrons. The highest BCUT2D eigenvalue weighted by atomic mass is 32.1. The number of ether oxygens (including phenoxy) is 1. The molecule has 25 heavy (non-hydrogen) atoms. The Balaban J connectivity index is 2.15. The third-order valence-corrected chi connectivity index (χ3v) is 5.34. The van der Waals surface area contributed by atoms with E-state index in [9.17, 15) is 19.5 Å². The molecule has 1 aromatic rings. The first-order valence-electron chi connectivity index (χ1n) is 8.44. The van der Waals surface area contributed by atoms with Crippen molar-refractivity contribution in [3.63, 3.8) is 0 Å². The number of aryl methyl sites for hydroxylation is 1. The Morgan fingerprint density at radius 2 is 2.08 bits per heavy atom. The van der Waals surface area contributed by atoms with E-state index in [-0.39, 0.29) is 25.1 Å². The molecule has 1 aliphatic rings. The van der Waals surface area contributed by atoms with Crippen LogP contribution in [0.5, 0.6) is 0 Å². The lowest BCUT2D eigenvalue weighted by molar-refractivity contribution is -0.143. The van der Waals surface area contributed by atoms with Crippen LogP contribution in [-0.4, -0.2) is 47.7 Å². The number of carboxylic acids is 1. The number of hydrogen-bond donors (Lipinski definition) is 2. The standard InChI is InChI=1S/C17H24N2O5S/c1-4-12-7-13(16(22)24-5-2)14(25-12)18-17(23)19-8-10(3)6-11(9-19)15(20)21/h7,10-11H,4-6,8-9H2,1-3H3,(H,18,23)(H,20,21). The minimum absolute atomic E-state index is 0.111. The number of rotatable bonds is 5. The molecular formula is C17H24N2O5S. The maximum Gasteiger partial charge on any atom is 0.341 e. The molecule has 138 valence electrons. The number of anilines is 1. The summed E-state index contributed by atoms with van der Waals surface area (Å²) in [6, 6.07) is 1.35. The Morgan fingerprint density at radius 3 is 2.68 bits per heavy atom. The summed E-state index contributed by atoms with van der Waals surface area (Å²) in [7, 11) is 0. The second kappa shape index (κ2) is 8.33. The normalized spacial score (nSPS) is 20.2. The Hall–Kier alpha value is -2.09. The fraction of sp³-hybridized carbons (Fsp3) is 0.588. The van der Waals surface area contributed by atoms with Crippen LogP contribution in [0, 0.1) is 11.8 Å². The minimum atomic E-state index is -0.888. The van der Waals surface area contributed by atoms with Gasteiger partial charge in [-0.05, 0) is 31.7 Å². The molecule has 0 bridgehead atoms. The van der Waals surface area contributed by atoms with Gasteiger partial charge in [0.05, 0.1) is 18.1 Å². The van der Waals surface area contributed by atoms with E-state index in [1.54, 1.807) is 13.0 Å². The van der Waals surface area contributed by atoms with E-state index in [2.05, 4.69) is 5.32 Å². The van der Waals surface area contributed by atoms with E-state index in [0.29, 0.717) is 23.5 Å². The Bertz CT molecular complexity index is 657. The van der Waals surface area contributed by atoms with Crippen LogP contribution in [0.15, 0.2) is 6.07 Å². The maximum absolute atomic E-state index is 12.6. The molecule has 1 aromatic heterocycles. The van der Waals surface area contributed by atoms with Crippen molar-refractivity contribution in [1.29, 1.82) is 0 Å². The molecule has 0 saturated carbocycles. The lowest BCUT2D eigenvalue weighted by atomic mass is 9.91. The first kappa shape index (κ1) is 19.2. The molecule has 0 spiro atoms. The molecular weight excluding hydrogens is 344 g/mol. The van der Waals surface area contributed by atoms with Crippen LogP contribution in [0.2, 0.25) is 0 Å². The number of hydrogen-bond acceptors (Lipinski definition) is 5. The summed E-state index contributed by atoms with van der Waals surface area (Å²) >= 11 is 1.34. The summed E-state index contributed by atoms with van der Waals surface area (Å²) in [6.07, 6.45) is 1.31. The van der Waals surface area contributed by atoms with Crippen LogP contribution in [0.1, 0.15) is 42.4 Å². The van der Waals surface area contributed by atoms with Gasteiger partial charge in [0, 0.05) is 18.0 Å². The number of nitrogens with one attached hydrogen (secondary N) is 1. The van der Waals surface area contributed by atoms with Crippen LogP contribution in [0.25, 0.3) is 0 Å². The number of aliphatic carboxylic acids is 1.